The minimum Gasteiger partial charge on any atom is -0.479 e. The van der Waals surface area contributed by atoms with Crippen molar-refractivity contribution < 1.29 is 14.6 Å². The molecule has 0 aromatic carbocycles. The molecule has 1 heterocycles. The first-order valence-electron chi connectivity index (χ1n) is 6.15. The largest absolute Gasteiger partial charge is 0.479 e. The van der Waals surface area contributed by atoms with Gasteiger partial charge < -0.3 is 14.7 Å². The zero-order chi connectivity index (χ0) is 12.8. The van der Waals surface area contributed by atoms with E-state index in [0.717, 1.165) is 25.1 Å². The monoisotopic (exact) mass is 261 g/mol. The van der Waals surface area contributed by atoms with Crippen LogP contribution in [0.15, 0.2) is 0 Å². The number of rotatable bonds is 7. The summed E-state index contributed by atoms with van der Waals surface area (Å²) in [5.41, 5.74) is 0. The quantitative estimate of drug-likeness (QED) is 0.756. The highest BCUT2D eigenvalue weighted by molar-refractivity contribution is 7.98. The maximum atomic E-state index is 10.8. The fourth-order valence-electron chi connectivity index (χ4n) is 2.24. The Morgan fingerprint density at radius 3 is 2.76 bits per heavy atom. The van der Waals surface area contributed by atoms with Crippen molar-refractivity contribution in [3.63, 3.8) is 0 Å². The van der Waals surface area contributed by atoms with Crippen LogP contribution in [0, 0.1) is 0 Å². The van der Waals surface area contributed by atoms with Gasteiger partial charge in [0.15, 0.2) is 6.10 Å². The number of carboxylic acid groups (broad SMARTS) is 1. The maximum absolute atomic E-state index is 10.8. The number of hydrogen-bond acceptors (Lipinski definition) is 4. The Kier molecular flexibility index (Phi) is 6.30. The molecular formula is C12H23NO3S. The van der Waals surface area contributed by atoms with Crippen LogP contribution in [0.2, 0.25) is 0 Å². The molecule has 0 aromatic heterocycles. The number of ether oxygens (including phenoxy) is 1. The molecule has 0 amide bonds. The molecule has 17 heavy (non-hydrogen) atoms. The third kappa shape index (κ3) is 4.48. The molecule has 1 aliphatic heterocycles. The molecule has 1 rings (SSSR count). The number of nitrogens with zero attached hydrogens (tertiary/aromatic N) is 1. The van der Waals surface area contributed by atoms with Crippen LogP contribution in [0.3, 0.4) is 0 Å². The van der Waals surface area contributed by atoms with Crippen molar-refractivity contribution in [3.05, 3.63) is 0 Å². The zero-order valence-electron chi connectivity index (χ0n) is 10.9. The summed E-state index contributed by atoms with van der Waals surface area (Å²) in [7, 11) is 2.10. The maximum Gasteiger partial charge on any atom is 0.332 e. The SMILES string of the molecule is CCC(CSC)N(C)CC1CCC(C(=O)O)O1. The van der Waals surface area contributed by atoms with Crippen molar-refractivity contribution in [3.8, 4) is 0 Å². The molecule has 0 radical (unpaired) electrons. The van der Waals surface area contributed by atoms with Crippen molar-refractivity contribution in [2.24, 2.45) is 0 Å². The molecule has 3 atom stereocenters. The summed E-state index contributed by atoms with van der Waals surface area (Å²) in [6.07, 6.45) is 4.23. The Labute approximate surface area is 108 Å². The summed E-state index contributed by atoms with van der Waals surface area (Å²) in [6, 6.07) is 0.553. The van der Waals surface area contributed by atoms with E-state index in [9.17, 15) is 4.79 Å². The highest BCUT2D eigenvalue weighted by atomic mass is 32.2. The minimum absolute atomic E-state index is 0.0806. The van der Waals surface area contributed by atoms with E-state index in [1.807, 2.05) is 11.8 Å². The molecule has 0 aromatic rings. The van der Waals surface area contributed by atoms with Gasteiger partial charge in [0.05, 0.1) is 6.10 Å². The lowest BCUT2D eigenvalue weighted by molar-refractivity contribution is -0.149. The lowest BCUT2D eigenvalue weighted by atomic mass is 10.1. The third-order valence-electron chi connectivity index (χ3n) is 3.33. The van der Waals surface area contributed by atoms with Crippen molar-refractivity contribution in [2.45, 2.75) is 44.4 Å². The number of carboxylic acids is 1. The van der Waals surface area contributed by atoms with Gasteiger partial charge >= 0.3 is 5.97 Å². The van der Waals surface area contributed by atoms with Gasteiger partial charge in [-0.3, -0.25) is 0 Å². The van der Waals surface area contributed by atoms with E-state index in [1.165, 1.54) is 0 Å². The number of likely N-dealkylation sites (N-methyl/N-ethyl adjacent to an activating group) is 1. The van der Waals surface area contributed by atoms with E-state index >= 15 is 0 Å². The number of hydrogen-bond donors (Lipinski definition) is 1. The predicted octanol–water partition coefficient (Wildman–Crippen LogP) is 1.69. The summed E-state index contributed by atoms with van der Waals surface area (Å²) in [5.74, 6) is 0.286. The van der Waals surface area contributed by atoms with E-state index in [2.05, 4.69) is 25.1 Å². The lowest BCUT2D eigenvalue weighted by Gasteiger charge is -2.28. The molecule has 4 nitrogen and oxygen atoms in total. The van der Waals surface area contributed by atoms with Crippen molar-refractivity contribution >= 4 is 17.7 Å². The Bertz CT molecular complexity index is 250. The second-order valence-electron chi connectivity index (χ2n) is 4.62. The summed E-state index contributed by atoms with van der Waals surface area (Å²) in [6.45, 7) is 3.02. The Morgan fingerprint density at radius 2 is 2.29 bits per heavy atom. The highest BCUT2D eigenvalue weighted by Gasteiger charge is 2.31. The normalized spacial score (nSPS) is 26.4. The Balaban J connectivity index is 2.36. The summed E-state index contributed by atoms with van der Waals surface area (Å²) in [5, 5.41) is 8.86. The fraction of sp³-hybridized carbons (Fsp3) is 0.917. The summed E-state index contributed by atoms with van der Waals surface area (Å²) < 4.78 is 5.52. The zero-order valence-corrected chi connectivity index (χ0v) is 11.7. The molecule has 100 valence electrons. The van der Waals surface area contributed by atoms with Gasteiger partial charge in [0.25, 0.3) is 0 Å². The van der Waals surface area contributed by atoms with Crippen LogP contribution in [0.5, 0.6) is 0 Å². The van der Waals surface area contributed by atoms with Crippen LogP contribution < -0.4 is 0 Å². The van der Waals surface area contributed by atoms with E-state index in [0.29, 0.717) is 12.5 Å². The minimum atomic E-state index is -0.827. The molecule has 1 fully saturated rings. The molecule has 1 N–H and O–H groups in total. The van der Waals surface area contributed by atoms with E-state index in [-0.39, 0.29) is 6.10 Å². The number of thioether (sulfide) groups is 1. The number of aliphatic carboxylic acids is 1. The van der Waals surface area contributed by atoms with E-state index in [1.54, 1.807) is 0 Å². The second-order valence-corrected chi connectivity index (χ2v) is 5.53. The van der Waals surface area contributed by atoms with Crippen LogP contribution in [-0.2, 0) is 9.53 Å². The molecule has 0 aliphatic carbocycles. The van der Waals surface area contributed by atoms with Crippen LogP contribution in [0.4, 0.5) is 0 Å². The highest BCUT2D eigenvalue weighted by Crippen LogP contribution is 2.21. The van der Waals surface area contributed by atoms with Crippen molar-refractivity contribution in [1.29, 1.82) is 0 Å². The van der Waals surface area contributed by atoms with Gasteiger partial charge in [0.1, 0.15) is 0 Å². The van der Waals surface area contributed by atoms with Gasteiger partial charge in [0.2, 0.25) is 0 Å². The topological polar surface area (TPSA) is 49.8 Å². The van der Waals surface area contributed by atoms with Gasteiger partial charge in [0, 0.05) is 18.3 Å². The molecular weight excluding hydrogens is 238 g/mol. The third-order valence-corrected chi connectivity index (χ3v) is 4.05. The van der Waals surface area contributed by atoms with Gasteiger partial charge in [-0.1, -0.05) is 6.92 Å². The fourth-order valence-corrected chi connectivity index (χ4v) is 3.12. The first-order chi connectivity index (χ1) is 8.08. The molecule has 1 aliphatic rings. The standard InChI is InChI=1S/C12H23NO3S/c1-4-9(8-17-3)13(2)7-10-5-6-11(16-10)12(14)15/h9-11H,4-8H2,1-3H3,(H,14,15). The molecule has 0 spiro atoms. The van der Waals surface area contributed by atoms with Crippen molar-refractivity contribution in [2.75, 3.05) is 25.6 Å². The van der Waals surface area contributed by atoms with Gasteiger partial charge in [-0.05, 0) is 32.6 Å². The molecule has 0 bridgehead atoms. The first kappa shape index (κ1) is 14.8. The van der Waals surface area contributed by atoms with Crippen LogP contribution in [0.25, 0.3) is 0 Å². The average molecular weight is 261 g/mol. The molecule has 0 saturated carbocycles. The van der Waals surface area contributed by atoms with Crippen LogP contribution in [-0.4, -0.2) is 59.8 Å². The molecule has 5 heteroatoms. The first-order valence-corrected chi connectivity index (χ1v) is 7.55. The smallest absolute Gasteiger partial charge is 0.332 e. The van der Waals surface area contributed by atoms with E-state index in [4.69, 9.17) is 9.84 Å². The van der Waals surface area contributed by atoms with Gasteiger partial charge in [-0.2, -0.15) is 11.8 Å². The average Bonchev–Trinajstić information content (AvgIpc) is 2.74. The molecule has 1 saturated heterocycles. The van der Waals surface area contributed by atoms with Crippen molar-refractivity contribution in [1.82, 2.24) is 4.90 Å². The number of carbonyl (C=O) groups is 1. The van der Waals surface area contributed by atoms with E-state index < -0.39 is 12.1 Å². The summed E-state index contributed by atoms with van der Waals surface area (Å²) in [4.78, 5) is 13.1. The Hall–Kier alpha value is -0.260. The predicted molar refractivity (Wildman–Crippen MR) is 70.6 cm³/mol. The Morgan fingerprint density at radius 1 is 1.59 bits per heavy atom. The lowest BCUT2D eigenvalue weighted by Crippen LogP contribution is -2.39. The van der Waals surface area contributed by atoms with Crippen LogP contribution in [0.1, 0.15) is 26.2 Å². The van der Waals surface area contributed by atoms with Crippen LogP contribution >= 0.6 is 11.8 Å². The van der Waals surface area contributed by atoms with Gasteiger partial charge in [-0.15, -0.1) is 0 Å². The second kappa shape index (κ2) is 7.24. The summed E-state index contributed by atoms with van der Waals surface area (Å²) >= 11 is 1.85. The molecule has 3 unspecified atom stereocenters. The van der Waals surface area contributed by atoms with Gasteiger partial charge in [-0.25, -0.2) is 4.79 Å².